The molecule has 0 spiro atoms. The van der Waals surface area contributed by atoms with Gasteiger partial charge in [-0.2, -0.15) is 10.4 Å². The maximum Gasteiger partial charge on any atom is 0.125 e. The number of hydrogen-bond acceptors (Lipinski definition) is 5. The molecule has 0 saturated carbocycles. The Morgan fingerprint density at radius 1 is 1.11 bits per heavy atom. The molecule has 3 heterocycles. The van der Waals surface area contributed by atoms with Crippen LogP contribution in [0.5, 0.6) is 5.75 Å². The highest BCUT2D eigenvalue weighted by Gasteiger charge is 2.22. The van der Waals surface area contributed by atoms with Crippen LogP contribution >= 0.6 is 0 Å². The second-order valence-electron chi connectivity index (χ2n) is 6.77. The van der Waals surface area contributed by atoms with E-state index < -0.39 is 0 Å². The molecule has 1 unspecified atom stereocenters. The number of fused-ring (bicyclic) bond motifs is 2. The average Bonchev–Trinajstić information content (AvgIpc) is 3.17. The lowest BCUT2D eigenvalue weighted by Crippen LogP contribution is -2.20. The van der Waals surface area contributed by atoms with Crippen molar-refractivity contribution in [2.45, 2.75) is 12.5 Å². The number of rotatable bonds is 3. The van der Waals surface area contributed by atoms with Crippen LogP contribution in [-0.2, 0) is 0 Å². The molecule has 0 radical (unpaired) electrons. The van der Waals surface area contributed by atoms with Gasteiger partial charge in [0.05, 0.1) is 29.8 Å². The van der Waals surface area contributed by atoms with Crippen LogP contribution in [0.4, 0.5) is 5.69 Å². The van der Waals surface area contributed by atoms with Crippen molar-refractivity contribution in [2.75, 3.05) is 11.9 Å². The van der Waals surface area contributed by atoms with Crippen LogP contribution in [0, 0.1) is 11.3 Å². The first kappa shape index (κ1) is 16.3. The molecule has 5 rings (SSSR count). The number of hydrogen-bond donors (Lipinski definition) is 2. The number of benzene rings is 2. The third-order valence-electron chi connectivity index (χ3n) is 5.04. The van der Waals surface area contributed by atoms with Crippen LogP contribution in [0.15, 0.2) is 60.9 Å². The van der Waals surface area contributed by atoms with E-state index in [0.717, 1.165) is 45.6 Å². The lowest BCUT2D eigenvalue weighted by molar-refractivity contribution is 0.274. The molecule has 2 aromatic carbocycles. The van der Waals surface area contributed by atoms with Crippen molar-refractivity contribution < 1.29 is 4.74 Å². The normalized spacial score (nSPS) is 15.5. The molecule has 0 bridgehead atoms. The zero-order chi connectivity index (χ0) is 18.9. The summed E-state index contributed by atoms with van der Waals surface area (Å²) in [4.78, 5) is 4.08. The van der Waals surface area contributed by atoms with Crippen molar-refractivity contribution in [2.24, 2.45) is 0 Å². The molecule has 2 aromatic heterocycles. The Bertz CT molecular complexity index is 1190. The first-order valence-electron chi connectivity index (χ1n) is 9.14. The Hall–Kier alpha value is -3.85. The van der Waals surface area contributed by atoms with Crippen molar-refractivity contribution in [1.82, 2.24) is 15.2 Å². The molecule has 0 saturated heterocycles. The standard InChI is InChI=1S/C22H17N5O/c23-13-14-1-3-17-19(7-10-28-21(17)11-14)25-16-2-4-20-18(12-16)22(27-26-20)15-5-8-24-9-6-15/h1-6,8-9,11-12,19,25H,7,10H2,(H,26,27). The summed E-state index contributed by atoms with van der Waals surface area (Å²) in [5.74, 6) is 0.782. The number of pyridine rings is 1. The molecule has 1 atom stereocenters. The number of nitriles is 1. The zero-order valence-corrected chi connectivity index (χ0v) is 15.0. The largest absolute Gasteiger partial charge is 0.493 e. The first-order chi connectivity index (χ1) is 13.8. The van der Waals surface area contributed by atoms with Gasteiger partial charge in [0, 0.05) is 41.0 Å². The fourth-order valence-electron chi connectivity index (χ4n) is 3.64. The van der Waals surface area contributed by atoms with Gasteiger partial charge in [0.1, 0.15) is 11.4 Å². The lowest BCUT2D eigenvalue weighted by atomic mass is 9.98. The Kier molecular flexibility index (Phi) is 3.91. The van der Waals surface area contributed by atoms with E-state index in [0.29, 0.717) is 12.2 Å². The van der Waals surface area contributed by atoms with Gasteiger partial charge in [-0.25, -0.2) is 0 Å². The highest BCUT2D eigenvalue weighted by molar-refractivity contribution is 5.94. The number of ether oxygens (including phenoxy) is 1. The summed E-state index contributed by atoms with van der Waals surface area (Å²) >= 11 is 0. The fraction of sp³-hybridized carbons (Fsp3) is 0.136. The molecule has 28 heavy (non-hydrogen) atoms. The molecule has 0 fully saturated rings. The molecule has 1 aliphatic rings. The Morgan fingerprint density at radius 3 is 2.86 bits per heavy atom. The van der Waals surface area contributed by atoms with Crippen LogP contribution in [0.2, 0.25) is 0 Å². The number of aromatic amines is 1. The number of aromatic nitrogens is 3. The van der Waals surface area contributed by atoms with Crippen LogP contribution < -0.4 is 10.1 Å². The highest BCUT2D eigenvalue weighted by Crippen LogP contribution is 2.36. The predicted molar refractivity (Wildman–Crippen MR) is 107 cm³/mol. The van der Waals surface area contributed by atoms with Gasteiger partial charge in [-0.05, 0) is 42.5 Å². The third kappa shape index (κ3) is 2.83. The summed E-state index contributed by atoms with van der Waals surface area (Å²) < 4.78 is 5.76. The van der Waals surface area contributed by atoms with Gasteiger partial charge in [-0.15, -0.1) is 0 Å². The van der Waals surface area contributed by atoms with Crippen molar-refractivity contribution in [3.8, 4) is 23.1 Å². The van der Waals surface area contributed by atoms with E-state index in [9.17, 15) is 0 Å². The van der Waals surface area contributed by atoms with Crippen molar-refractivity contribution in [3.05, 3.63) is 72.1 Å². The SMILES string of the molecule is N#Cc1ccc2c(c1)OCCC2Nc1ccc2[nH]nc(-c3ccncc3)c2c1. The molecular weight excluding hydrogens is 350 g/mol. The van der Waals surface area contributed by atoms with E-state index in [1.807, 2.05) is 36.4 Å². The van der Waals surface area contributed by atoms with Gasteiger partial charge in [-0.1, -0.05) is 6.07 Å². The van der Waals surface area contributed by atoms with Crippen LogP contribution in [0.3, 0.4) is 0 Å². The van der Waals surface area contributed by atoms with Gasteiger partial charge in [0.2, 0.25) is 0 Å². The van der Waals surface area contributed by atoms with E-state index in [1.165, 1.54) is 0 Å². The van der Waals surface area contributed by atoms with Gasteiger partial charge in [0.25, 0.3) is 0 Å². The van der Waals surface area contributed by atoms with Crippen LogP contribution in [0.25, 0.3) is 22.2 Å². The van der Waals surface area contributed by atoms with Crippen molar-refractivity contribution in [1.29, 1.82) is 5.26 Å². The molecule has 6 heteroatoms. The van der Waals surface area contributed by atoms with Crippen LogP contribution in [-0.4, -0.2) is 21.8 Å². The van der Waals surface area contributed by atoms with E-state index in [4.69, 9.17) is 10.00 Å². The monoisotopic (exact) mass is 367 g/mol. The molecular formula is C22H17N5O. The summed E-state index contributed by atoms with van der Waals surface area (Å²) in [7, 11) is 0. The smallest absolute Gasteiger partial charge is 0.125 e. The van der Waals surface area contributed by atoms with Crippen molar-refractivity contribution in [3.63, 3.8) is 0 Å². The first-order valence-corrected chi connectivity index (χ1v) is 9.14. The van der Waals surface area contributed by atoms with Crippen molar-refractivity contribution >= 4 is 16.6 Å². The van der Waals surface area contributed by atoms with E-state index in [2.05, 4.69) is 38.7 Å². The second-order valence-corrected chi connectivity index (χ2v) is 6.77. The van der Waals surface area contributed by atoms with Crippen LogP contribution in [0.1, 0.15) is 23.6 Å². The minimum atomic E-state index is 0.130. The van der Waals surface area contributed by atoms with Gasteiger partial charge in [-0.3, -0.25) is 10.1 Å². The van der Waals surface area contributed by atoms with E-state index >= 15 is 0 Å². The van der Waals surface area contributed by atoms with Gasteiger partial charge < -0.3 is 10.1 Å². The zero-order valence-electron chi connectivity index (χ0n) is 15.0. The maximum atomic E-state index is 9.11. The Labute approximate surface area is 161 Å². The Morgan fingerprint density at radius 2 is 2.00 bits per heavy atom. The molecule has 136 valence electrons. The predicted octanol–water partition coefficient (Wildman–Crippen LogP) is 4.43. The van der Waals surface area contributed by atoms with Gasteiger partial charge in [0.15, 0.2) is 0 Å². The average molecular weight is 367 g/mol. The fourth-order valence-corrected chi connectivity index (χ4v) is 3.64. The summed E-state index contributed by atoms with van der Waals surface area (Å²) in [6.45, 7) is 0.621. The quantitative estimate of drug-likeness (QED) is 0.559. The molecule has 2 N–H and O–H groups in total. The molecule has 1 aliphatic heterocycles. The van der Waals surface area contributed by atoms with E-state index in [-0.39, 0.29) is 6.04 Å². The second kappa shape index (κ2) is 6.71. The molecule has 4 aromatic rings. The summed E-state index contributed by atoms with van der Waals surface area (Å²) in [6.07, 6.45) is 4.40. The summed E-state index contributed by atoms with van der Waals surface area (Å²) in [5.41, 5.74) is 5.63. The molecule has 0 amide bonds. The number of anilines is 1. The molecule has 0 aliphatic carbocycles. The third-order valence-corrected chi connectivity index (χ3v) is 5.04. The minimum absolute atomic E-state index is 0.130. The summed E-state index contributed by atoms with van der Waals surface area (Å²) in [5, 5.41) is 21.4. The highest BCUT2D eigenvalue weighted by atomic mass is 16.5. The number of nitrogens with zero attached hydrogens (tertiary/aromatic N) is 3. The minimum Gasteiger partial charge on any atom is -0.493 e. The molecule has 6 nitrogen and oxygen atoms in total. The number of H-pyrrole nitrogens is 1. The van der Waals surface area contributed by atoms with E-state index in [1.54, 1.807) is 12.4 Å². The topological polar surface area (TPSA) is 86.6 Å². The lowest BCUT2D eigenvalue weighted by Gasteiger charge is -2.27. The summed E-state index contributed by atoms with van der Waals surface area (Å²) in [6, 6.07) is 18.0. The van der Waals surface area contributed by atoms with Gasteiger partial charge >= 0.3 is 0 Å². The maximum absolute atomic E-state index is 9.11. The Balaban J connectivity index is 1.49. The number of nitrogens with one attached hydrogen (secondary N) is 2.